The second-order valence-corrected chi connectivity index (χ2v) is 5.27. The Labute approximate surface area is 99.2 Å². The minimum Gasteiger partial charge on any atom is -0.299 e. The Morgan fingerprint density at radius 1 is 1.23 bits per heavy atom. The number of halogens is 2. The van der Waals surface area contributed by atoms with Gasteiger partial charge in [0.2, 0.25) is 0 Å². The van der Waals surface area contributed by atoms with Crippen LogP contribution in [-0.2, 0) is 17.6 Å². The molecular weight excluding hydrogens is 343 g/mol. The topological polar surface area (TPSA) is 17.1 Å². The molecule has 0 unspecified atom stereocenters. The van der Waals surface area contributed by atoms with Crippen LogP contribution in [-0.4, -0.2) is 5.78 Å². The van der Waals surface area contributed by atoms with Crippen LogP contribution in [0, 0.1) is 3.57 Å². The van der Waals surface area contributed by atoms with Gasteiger partial charge in [-0.25, -0.2) is 0 Å². The molecule has 0 aliphatic heterocycles. The highest BCUT2D eigenvalue weighted by Crippen LogP contribution is 2.27. The van der Waals surface area contributed by atoms with Crippen molar-refractivity contribution in [2.24, 2.45) is 0 Å². The number of hydrogen-bond donors (Lipinski definition) is 0. The second kappa shape index (κ2) is 3.69. The van der Waals surface area contributed by atoms with E-state index in [1.165, 1.54) is 14.7 Å². The van der Waals surface area contributed by atoms with E-state index >= 15 is 0 Å². The SMILES string of the molecule is O=C1CCc2cc(Br)c(I)cc2C1. The van der Waals surface area contributed by atoms with Crippen LogP contribution in [0.4, 0.5) is 0 Å². The van der Waals surface area contributed by atoms with Crippen molar-refractivity contribution in [3.63, 3.8) is 0 Å². The van der Waals surface area contributed by atoms with Crippen LogP contribution in [0.5, 0.6) is 0 Å². The summed E-state index contributed by atoms with van der Waals surface area (Å²) in [6.07, 6.45) is 2.24. The van der Waals surface area contributed by atoms with Gasteiger partial charge in [-0.15, -0.1) is 0 Å². The lowest BCUT2D eigenvalue weighted by Gasteiger charge is -2.15. The van der Waals surface area contributed by atoms with Crippen molar-refractivity contribution in [3.05, 3.63) is 31.3 Å². The van der Waals surface area contributed by atoms with E-state index in [1.54, 1.807) is 0 Å². The largest absolute Gasteiger partial charge is 0.299 e. The standard InChI is InChI=1S/C10H8BrIO/c11-9-4-6-1-2-8(13)3-7(6)5-10(9)12/h4-5H,1-3H2. The highest BCUT2D eigenvalue weighted by atomic mass is 127. The van der Waals surface area contributed by atoms with Gasteiger partial charge in [0.05, 0.1) is 0 Å². The fourth-order valence-electron chi connectivity index (χ4n) is 1.60. The number of hydrogen-bond acceptors (Lipinski definition) is 1. The molecule has 0 N–H and O–H groups in total. The molecule has 3 heteroatoms. The monoisotopic (exact) mass is 350 g/mol. The fraction of sp³-hybridized carbons (Fsp3) is 0.300. The van der Waals surface area contributed by atoms with Crippen molar-refractivity contribution in [2.75, 3.05) is 0 Å². The van der Waals surface area contributed by atoms with Crippen LogP contribution in [0.1, 0.15) is 17.5 Å². The first-order chi connectivity index (χ1) is 6.16. The molecule has 0 fully saturated rings. The van der Waals surface area contributed by atoms with Crippen LogP contribution < -0.4 is 0 Å². The van der Waals surface area contributed by atoms with Crippen LogP contribution in [0.3, 0.4) is 0 Å². The summed E-state index contributed by atoms with van der Waals surface area (Å²) in [5.41, 5.74) is 2.54. The Morgan fingerprint density at radius 2 is 2.00 bits per heavy atom. The van der Waals surface area contributed by atoms with E-state index in [0.717, 1.165) is 10.9 Å². The lowest BCUT2D eigenvalue weighted by molar-refractivity contribution is -0.118. The van der Waals surface area contributed by atoms with Crippen molar-refractivity contribution in [2.45, 2.75) is 19.3 Å². The minimum absolute atomic E-state index is 0.366. The number of ketones is 1. The highest BCUT2D eigenvalue weighted by Gasteiger charge is 2.16. The lowest BCUT2D eigenvalue weighted by atomic mass is 9.91. The van der Waals surface area contributed by atoms with E-state index in [1.807, 2.05) is 0 Å². The molecule has 0 amide bonds. The smallest absolute Gasteiger partial charge is 0.137 e. The zero-order valence-electron chi connectivity index (χ0n) is 6.94. The van der Waals surface area contributed by atoms with Gasteiger partial charge in [0.25, 0.3) is 0 Å². The van der Waals surface area contributed by atoms with E-state index in [4.69, 9.17) is 0 Å². The molecule has 68 valence electrons. The molecule has 13 heavy (non-hydrogen) atoms. The van der Waals surface area contributed by atoms with Gasteiger partial charge in [0, 0.05) is 20.9 Å². The predicted molar refractivity (Wildman–Crippen MR) is 63.9 cm³/mol. The first-order valence-electron chi connectivity index (χ1n) is 4.15. The summed E-state index contributed by atoms with van der Waals surface area (Å²) in [4.78, 5) is 11.2. The Kier molecular flexibility index (Phi) is 2.74. The zero-order valence-corrected chi connectivity index (χ0v) is 10.7. The van der Waals surface area contributed by atoms with Crippen molar-refractivity contribution < 1.29 is 4.79 Å². The molecule has 0 spiro atoms. The summed E-state index contributed by atoms with van der Waals surface area (Å²) in [6, 6.07) is 4.25. The molecular formula is C10H8BrIO. The van der Waals surface area contributed by atoms with Gasteiger partial charge in [-0.1, -0.05) is 0 Å². The maximum Gasteiger partial charge on any atom is 0.137 e. The Bertz CT molecular complexity index is 373. The van der Waals surface area contributed by atoms with Gasteiger partial charge < -0.3 is 0 Å². The molecule has 0 saturated heterocycles. The molecule has 0 saturated carbocycles. The number of carbonyl (C=O) groups excluding carboxylic acids is 1. The molecule has 0 atom stereocenters. The van der Waals surface area contributed by atoms with Gasteiger partial charge in [0.1, 0.15) is 5.78 Å². The summed E-state index contributed by atoms with van der Waals surface area (Å²) in [5, 5.41) is 0. The average Bonchev–Trinajstić information content (AvgIpc) is 2.08. The van der Waals surface area contributed by atoms with Gasteiger partial charge in [-0.2, -0.15) is 0 Å². The van der Waals surface area contributed by atoms with Crippen LogP contribution in [0.15, 0.2) is 16.6 Å². The van der Waals surface area contributed by atoms with Crippen molar-refractivity contribution in [1.29, 1.82) is 0 Å². The number of carbonyl (C=O) groups is 1. The van der Waals surface area contributed by atoms with Crippen molar-refractivity contribution >= 4 is 44.3 Å². The molecule has 1 aliphatic carbocycles. The number of benzene rings is 1. The van der Waals surface area contributed by atoms with Crippen LogP contribution >= 0.6 is 38.5 Å². The quantitative estimate of drug-likeness (QED) is 0.657. The minimum atomic E-state index is 0.366. The second-order valence-electron chi connectivity index (χ2n) is 3.25. The summed E-state index contributed by atoms with van der Waals surface area (Å²) >= 11 is 5.78. The molecule has 1 aromatic carbocycles. The normalized spacial score (nSPS) is 15.7. The third-order valence-electron chi connectivity index (χ3n) is 2.30. The molecule has 0 bridgehead atoms. The van der Waals surface area contributed by atoms with Gasteiger partial charge in [0.15, 0.2) is 0 Å². The molecule has 0 aromatic heterocycles. The molecule has 1 nitrogen and oxygen atoms in total. The zero-order chi connectivity index (χ0) is 9.42. The maximum atomic E-state index is 11.2. The van der Waals surface area contributed by atoms with E-state index in [-0.39, 0.29) is 0 Å². The number of rotatable bonds is 0. The summed E-state index contributed by atoms with van der Waals surface area (Å²) < 4.78 is 2.33. The van der Waals surface area contributed by atoms with E-state index < -0.39 is 0 Å². The summed E-state index contributed by atoms with van der Waals surface area (Å²) in [5.74, 6) is 0.366. The fourth-order valence-corrected chi connectivity index (χ4v) is 2.52. The third-order valence-corrected chi connectivity index (χ3v) is 4.59. The van der Waals surface area contributed by atoms with Gasteiger partial charge in [-0.05, 0) is 68.2 Å². The Balaban J connectivity index is 2.49. The molecule has 1 aromatic rings. The molecule has 1 aliphatic rings. The first kappa shape index (κ1) is 9.65. The van der Waals surface area contributed by atoms with Crippen LogP contribution in [0.2, 0.25) is 0 Å². The highest BCUT2D eigenvalue weighted by molar-refractivity contribution is 14.1. The van der Waals surface area contributed by atoms with Gasteiger partial charge in [-0.3, -0.25) is 4.79 Å². The number of aryl methyl sites for hydroxylation is 1. The molecule has 0 radical (unpaired) electrons. The average molecular weight is 351 g/mol. The van der Waals surface area contributed by atoms with Gasteiger partial charge >= 0.3 is 0 Å². The van der Waals surface area contributed by atoms with Crippen molar-refractivity contribution in [1.82, 2.24) is 0 Å². The molecule has 0 heterocycles. The number of Topliss-reactive ketones (excluding diaryl/α,β-unsaturated/α-hetero) is 1. The van der Waals surface area contributed by atoms with Crippen molar-refractivity contribution in [3.8, 4) is 0 Å². The number of fused-ring (bicyclic) bond motifs is 1. The van der Waals surface area contributed by atoms with E-state index in [0.29, 0.717) is 18.6 Å². The molecule has 2 rings (SSSR count). The van der Waals surface area contributed by atoms with Crippen LogP contribution in [0.25, 0.3) is 0 Å². The third kappa shape index (κ3) is 1.96. The predicted octanol–water partition coefficient (Wildman–Crippen LogP) is 3.11. The Morgan fingerprint density at radius 3 is 2.77 bits per heavy atom. The maximum absolute atomic E-state index is 11.2. The van der Waals surface area contributed by atoms with E-state index in [9.17, 15) is 4.79 Å². The van der Waals surface area contributed by atoms with E-state index in [2.05, 4.69) is 50.7 Å². The Hall–Kier alpha value is 0.1000. The first-order valence-corrected chi connectivity index (χ1v) is 6.02. The summed E-state index contributed by atoms with van der Waals surface area (Å²) in [6.45, 7) is 0. The lowest BCUT2D eigenvalue weighted by Crippen LogP contribution is -2.13. The summed E-state index contributed by atoms with van der Waals surface area (Å²) in [7, 11) is 0.